The van der Waals surface area contributed by atoms with Crippen molar-refractivity contribution in [3.63, 3.8) is 0 Å². The van der Waals surface area contributed by atoms with Gasteiger partial charge in [-0.05, 0) is 35.9 Å². The number of hydrogen-bond acceptors (Lipinski definition) is 5. The number of esters is 1. The largest absolute Gasteiger partial charge is 0.488 e. The number of carbonyl (C=O) groups excluding carboxylic acids is 2. The number of benzene rings is 3. The summed E-state index contributed by atoms with van der Waals surface area (Å²) in [5, 5.41) is 3.43. The van der Waals surface area contributed by atoms with E-state index < -0.39 is 0 Å². The number of para-hydroxylation sites is 2. The summed E-state index contributed by atoms with van der Waals surface area (Å²) in [4.78, 5) is 26.1. The van der Waals surface area contributed by atoms with Crippen LogP contribution in [0.5, 0.6) is 5.75 Å². The van der Waals surface area contributed by atoms with Gasteiger partial charge in [0.2, 0.25) is 0 Å². The second-order valence-corrected chi connectivity index (χ2v) is 7.02. The highest BCUT2D eigenvalue weighted by atomic mass is 16.5. The van der Waals surface area contributed by atoms with Crippen LogP contribution in [0.15, 0.2) is 72.8 Å². The summed E-state index contributed by atoms with van der Waals surface area (Å²) in [7, 11) is 3.13. The van der Waals surface area contributed by atoms with Gasteiger partial charge >= 0.3 is 5.97 Å². The van der Waals surface area contributed by atoms with Crippen LogP contribution in [-0.4, -0.2) is 30.9 Å². The molecule has 152 valence electrons. The third-order valence-electron chi connectivity index (χ3n) is 5.14. The number of amides is 1. The van der Waals surface area contributed by atoms with E-state index in [0.29, 0.717) is 23.5 Å². The van der Waals surface area contributed by atoms with E-state index in [-0.39, 0.29) is 18.0 Å². The zero-order chi connectivity index (χ0) is 21.1. The molecule has 0 aromatic heterocycles. The van der Waals surface area contributed by atoms with Gasteiger partial charge in [0.25, 0.3) is 5.91 Å². The Morgan fingerprint density at radius 2 is 1.70 bits per heavy atom. The number of ether oxygens (including phenoxy) is 2. The lowest BCUT2D eigenvalue weighted by Crippen LogP contribution is -2.40. The van der Waals surface area contributed by atoms with Gasteiger partial charge in [0.1, 0.15) is 18.5 Å². The first-order valence-electron chi connectivity index (χ1n) is 9.60. The van der Waals surface area contributed by atoms with Gasteiger partial charge in [-0.2, -0.15) is 0 Å². The van der Waals surface area contributed by atoms with E-state index in [1.807, 2.05) is 60.7 Å². The average Bonchev–Trinajstić information content (AvgIpc) is 2.80. The van der Waals surface area contributed by atoms with Crippen molar-refractivity contribution >= 4 is 17.6 Å². The lowest BCUT2D eigenvalue weighted by Gasteiger charge is -2.36. The fraction of sp³-hybridized carbons (Fsp3) is 0.167. The molecular formula is C24H22N2O4. The normalized spacial score (nSPS) is 15.2. The Labute approximate surface area is 175 Å². The van der Waals surface area contributed by atoms with Crippen LogP contribution in [0.25, 0.3) is 0 Å². The molecule has 0 aliphatic carbocycles. The van der Waals surface area contributed by atoms with Crippen LogP contribution in [0, 0.1) is 0 Å². The maximum Gasteiger partial charge on any atom is 0.337 e. The summed E-state index contributed by atoms with van der Waals surface area (Å²) in [5.41, 5.74) is 3.74. The predicted octanol–water partition coefficient (Wildman–Crippen LogP) is 4.25. The highest BCUT2D eigenvalue weighted by Crippen LogP contribution is 2.36. The van der Waals surface area contributed by atoms with Gasteiger partial charge in [-0.25, -0.2) is 4.79 Å². The van der Waals surface area contributed by atoms with Crippen molar-refractivity contribution in [1.29, 1.82) is 0 Å². The first kappa shape index (κ1) is 19.5. The van der Waals surface area contributed by atoms with E-state index in [1.54, 1.807) is 24.1 Å². The molecule has 0 saturated carbocycles. The van der Waals surface area contributed by atoms with Gasteiger partial charge in [-0.3, -0.25) is 4.79 Å². The van der Waals surface area contributed by atoms with Crippen LogP contribution >= 0.6 is 0 Å². The molecule has 0 fully saturated rings. The third-order valence-corrected chi connectivity index (χ3v) is 5.14. The smallest absolute Gasteiger partial charge is 0.337 e. The second kappa shape index (κ2) is 8.29. The van der Waals surface area contributed by atoms with Crippen molar-refractivity contribution in [1.82, 2.24) is 4.90 Å². The fourth-order valence-corrected chi connectivity index (χ4v) is 3.49. The Balaban J connectivity index is 1.55. The highest BCUT2D eigenvalue weighted by Gasteiger charge is 2.31. The average molecular weight is 402 g/mol. The van der Waals surface area contributed by atoms with Crippen molar-refractivity contribution in [2.75, 3.05) is 19.5 Å². The second-order valence-electron chi connectivity index (χ2n) is 7.02. The minimum atomic E-state index is -0.371. The molecule has 6 heteroatoms. The van der Waals surface area contributed by atoms with Crippen LogP contribution in [0.1, 0.15) is 38.0 Å². The molecule has 4 rings (SSSR count). The third kappa shape index (κ3) is 3.72. The van der Waals surface area contributed by atoms with Crippen molar-refractivity contribution < 1.29 is 19.1 Å². The lowest BCUT2D eigenvalue weighted by atomic mass is 10.0. The molecule has 6 nitrogen and oxygen atoms in total. The zero-order valence-corrected chi connectivity index (χ0v) is 16.8. The Kier molecular flexibility index (Phi) is 5.39. The summed E-state index contributed by atoms with van der Waals surface area (Å²) in [6, 6.07) is 22.2. The van der Waals surface area contributed by atoms with Gasteiger partial charge in [-0.1, -0.05) is 42.5 Å². The first-order chi connectivity index (χ1) is 14.6. The Morgan fingerprint density at radius 1 is 1.00 bits per heavy atom. The quantitative estimate of drug-likeness (QED) is 0.647. The minimum Gasteiger partial charge on any atom is -0.488 e. The Morgan fingerprint density at radius 3 is 2.47 bits per heavy atom. The molecule has 1 aliphatic rings. The van der Waals surface area contributed by atoms with Crippen LogP contribution in [0.3, 0.4) is 0 Å². The molecule has 1 N–H and O–H groups in total. The molecule has 1 amide bonds. The monoisotopic (exact) mass is 402 g/mol. The number of nitrogens with zero attached hydrogens (tertiary/aromatic N) is 1. The summed E-state index contributed by atoms with van der Waals surface area (Å²) < 4.78 is 10.8. The van der Waals surface area contributed by atoms with E-state index in [2.05, 4.69) is 5.32 Å². The molecule has 1 unspecified atom stereocenters. The Bertz CT molecular complexity index is 1080. The molecule has 1 atom stereocenters. The molecular weight excluding hydrogens is 380 g/mol. The number of carbonyl (C=O) groups is 2. The lowest BCUT2D eigenvalue weighted by molar-refractivity contribution is 0.0600. The number of fused-ring (bicyclic) bond motifs is 1. The molecule has 0 bridgehead atoms. The number of methoxy groups -OCH3 is 1. The molecule has 3 aromatic rings. The zero-order valence-electron chi connectivity index (χ0n) is 16.8. The van der Waals surface area contributed by atoms with E-state index >= 15 is 0 Å². The maximum atomic E-state index is 12.8. The van der Waals surface area contributed by atoms with Crippen molar-refractivity contribution in [3.05, 3.63) is 95.1 Å². The van der Waals surface area contributed by atoms with Gasteiger partial charge in [-0.15, -0.1) is 0 Å². The topological polar surface area (TPSA) is 67.9 Å². The van der Waals surface area contributed by atoms with E-state index in [4.69, 9.17) is 9.47 Å². The number of anilines is 1. The fourth-order valence-electron chi connectivity index (χ4n) is 3.49. The highest BCUT2D eigenvalue weighted by molar-refractivity contribution is 6.01. The van der Waals surface area contributed by atoms with Gasteiger partial charge < -0.3 is 19.7 Å². The molecule has 1 aliphatic heterocycles. The minimum absolute atomic E-state index is 0.0393. The van der Waals surface area contributed by atoms with Crippen LogP contribution in [-0.2, 0) is 11.3 Å². The Hall–Kier alpha value is -3.80. The van der Waals surface area contributed by atoms with Crippen molar-refractivity contribution in [2.45, 2.75) is 12.8 Å². The van der Waals surface area contributed by atoms with Crippen LogP contribution in [0.4, 0.5) is 5.69 Å². The van der Waals surface area contributed by atoms with Crippen molar-refractivity contribution in [2.24, 2.45) is 0 Å². The van der Waals surface area contributed by atoms with Gasteiger partial charge in [0.15, 0.2) is 0 Å². The van der Waals surface area contributed by atoms with Crippen LogP contribution < -0.4 is 10.1 Å². The summed E-state index contributed by atoms with van der Waals surface area (Å²) in [5.74, 6) is 0.276. The summed E-state index contributed by atoms with van der Waals surface area (Å²) >= 11 is 0. The maximum absolute atomic E-state index is 12.8. The standard InChI is InChI=1S/C24H22N2O4/c1-26-22(25-20-9-5-3-7-18(20)23(26)27)19-8-4-6-10-21(19)30-15-16-11-13-17(14-12-16)24(28)29-2/h3-14,22,25H,15H2,1-2H3. The number of rotatable bonds is 5. The van der Waals surface area contributed by atoms with Crippen LogP contribution in [0.2, 0.25) is 0 Å². The molecule has 3 aromatic carbocycles. The van der Waals surface area contributed by atoms with Crippen molar-refractivity contribution in [3.8, 4) is 5.75 Å². The van der Waals surface area contributed by atoms with E-state index in [0.717, 1.165) is 16.8 Å². The predicted molar refractivity (Wildman–Crippen MR) is 113 cm³/mol. The molecule has 0 saturated heterocycles. The van der Waals surface area contributed by atoms with Gasteiger partial charge in [0.05, 0.1) is 18.2 Å². The molecule has 1 heterocycles. The number of hydrogen-bond donors (Lipinski definition) is 1. The number of nitrogens with one attached hydrogen (secondary N) is 1. The SMILES string of the molecule is COC(=O)c1ccc(COc2ccccc2C2Nc3ccccc3C(=O)N2C)cc1. The first-order valence-corrected chi connectivity index (χ1v) is 9.60. The van der Waals surface area contributed by atoms with Gasteiger partial charge in [0, 0.05) is 18.3 Å². The van der Waals surface area contributed by atoms with E-state index in [9.17, 15) is 9.59 Å². The van der Waals surface area contributed by atoms with E-state index in [1.165, 1.54) is 7.11 Å². The summed E-state index contributed by atoms with van der Waals surface area (Å²) in [6.07, 6.45) is -0.342. The molecule has 0 spiro atoms. The molecule has 0 radical (unpaired) electrons. The summed E-state index contributed by atoms with van der Waals surface area (Å²) in [6.45, 7) is 0.333. The molecule has 30 heavy (non-hydrogen) atoms.